The summed E-state index contributed by atoms with van der Waals surface area (Å²) < 4.78 is 11.4. The van der Waals surface area contributed by atoms with E-state index >= 15 is 0 Å². The lowest BCUT2D eigenvalue weighted by atomic mass is 10.1. The fourth-order valence-corrected chi connectivity index (χ4v) is 3.86. The summed E-state index contributed by atoms with van der Waals surface area (Å²) in [6, 6.07) is 12.4. The standard InChI is InChI=1S/C23H28N2O3/c1-17-4-3-5-21(18(17)2)28-16-23(26)25-11-9-24(10-12-25)15-19-6-7-22-20(14-19)8-13-27-22/h3-7,14H,8-13,15-16H2,1-2H3. The number of rotatable bonds is 5. The van der Waals surface area contributed by atoms with Gasteiger partial charge in [0.2, 0.25) is 0 Å². The predicted molar refractivity (Wildman–Crippen MR) is 109 cm³/mol. The van der Waals surface area contributed by atoms with Crippen molar-refractivity contribution < 1.29 is 14.3 Å². The lowest BCUT2D eigenvalue weighted by Crippen LogP contribution is -2.49. The lowest BCUT2D eigenvalue weighted by molar-refractivity contribution is -0.135. The molecule has 0 bridgehead atoms. The average molecular weight is 380 g/mol. The van der Waals surface area contributed by atoms with Crippen LogP contribution < -0.4 is 9.47 Å². The van der Waals surface area contributed by atoms with Crippen molar-refractivity contribution in [2.45, 2.75) is 26.8 Å². The highest BCUT2D eigenvalue weighted by Crippen LogP contribution is 2.26. The zero-order valence-corrected chi connectivity index (χ0v) is 16.7. The highest BCUT2D eigenvalue weighted by Gasteiger charge is 2.22. The van der Waals surface area contributed by atoms with Gasteiger partial charge in [-0.05, 0) is 48.2 Å². The van der Waals surface area contributed by atoms with Crippen LogP contribution in [0.3, 0.4) is 0 Å². The van der Waals surface area contributed by atoms with Gasteiger partial charge >= 0.3 is 0 Å². The van der Waals surface area contributed by atoms with Crippen LogP contribution in [0.1, 0.15) is 22.3 Å². The first-order chi connectivity index (χ1) is 13.6. The van der Waals surface area contributed by atoms with E-state index in [-0.39, 0.29) is 12.5 Å². The second-order valence-corrected chi connectivity index (χ2v) is 7.68. The van der Waals surface area contributed by atoms with E-state index in [1.165, 1.54) is 16.7 Å². The van der Waals surface area contributed by atoms with Crippen molar-refractivity contribution in [3.8, 4) is 11.5 Å². The molecule has 1 amide bonds. The van der Waals surface area contributed by atoms with Gasteiger partial charge in [-0.2, -0.15) is 0 Å². The molecule has 2 aliphatic rings. The number of ether oxygens (including phenoxy) is 2. The highest BCUT2D eigenvalue weighted by molar-refractivity contribution is 5.78. The minimum Gasteiger partial charge on any atom is -0.493 e. The molecular weight excluding hydrogens is 352 g/mol. The van der Waals surface area contributed by atoms with Crippen molar-refractivity contribution in [1.82, 2.24) is 9.80 Å². The van der Waals surface area contributed by atoms with Gasteiger partial charge in [-0.25, -0.2) is 0 Å². The first-order valence-corrected chi connectivity index (χ1v) is 10.0. The molecule has 0 aromatic heterocycles. The van der Waals surface area contributed by atoms with Crippen LogP contribution in [0.4, 0.5) is 0 Å². The number of hydrogen-bond donors (Lipinski definition) is 0. The fraction of sp³-hybridized carbons (Fsp3) is 0.435. The first-order valence-electron chi connectivity index (χ1n) is 10.0. The summed E-state index contributed by atoms with van der Waals surface area (Å²) >= 11 is 0. The highest BCUT2D eigenvalue weighted by atomic mass is 16.5. The van der Waals surface area contributed by atoms with Crippen molar-refractivity contribution in [2.75, 3.05) is 39.4 Å². The summed E-state index contributed by atoms with van der Waals surface area (Å²) in [6.07, 6.45) is 1.01. The van der Waals surface area contributed by atoms with Crippen LogP contribution in [-0.2, 0) is 17.8 Å². The summed E-state index contributed by atoms with van der Waals surface area (Å²) in [5.41, 5.74) is 4.91. The normalized spacial score (nSPS) is 16.6. The third kappa shape index (κ3) is 4.14. The summed E-state index contributed by atoms with van der Waals surface area (Å²) in [5.74, 6) is 1.89. The van der Waals surface area contributed by atoms with E-state index in [1.54, 1.807) is 0 Å². The van der Waals surface area contributed by atoms with Gasteiger partial charge in [0, 0.05) is 39.1 Å². The van der Waals surface area contributed by atoms with Crippen molar-refractivity contribution >= 4 is 5.91 Å². The van der Waals surface area contributed by atoms with Crippen LogP contribution in [-0.4, -0.2) is 55.1 Å². The molecule has 1 fully saturated rings. The van der Waals surface area contributed by atoms with Crippen LogP contribution in [0.25, 0.3) is 0 Å². The zero-order chi connectivity index (χ0) is 19.5. The predicted octanol–water partition coefficient (Wildman–Crippen LogP) is 2.96. The molecule has 0 atom stereocenters. The monoisotopic (exact) mass is 380 g/mol. The zero-order valence-electron chi connectivity index (χ0n) is 16.7. The second kappa shape index (κ2) is 8.23. The molecule has 0 spiro atoms. The Bertz CT molecular complexity index is 857. The average Bonchev–Trinajstić information content (AvgIpc) is 3.17. The van der Waals surface area contributed by atoms with E-state index in [0.717, 1.165) is 62.8 Å². The number of fused-ring (bicyclic) bond motifs is 1. The number of piperazine rings is 1. The molecule has 0 radical (unpaired) electrons. The number of benzene rings is 2. The molecule has 2 heterocycles. The fourth-order valence-electron chi connectivity index (χ4n) is 3.86. The topological polar surface area (TPSA) is 42.0 Å². The number of hydrogen-bond acceptors (Lipinski definition) is 4. The van der Waals surface area contributed by atoms with Gasteiger partial charge in [0.05, 0.1) is 6.61 Å². The number of amides is 1. The molecule has 2 aromatic carbocycles. The summed E-state index contributed by atoms with van der Waals surface area (Å²) in [5, 5.41) is 0. The first kappa shape index (κ1) is 18.8. The van der Waals surface area contributed by atoms with E-state index < -0.39 is 0 Å². The molecule has 0 unspecified atom stereocenters. The smallest absolute Gasteiger partial charge is 0.260 e. The number of carbonyl (C=O) groups excluding carboxylic acids is 1. The molecule has 1 saturated heterocycles. The maximum atomic E-state index is 12.5. The molecular formula is C23H28N2O3. The third-order valence-corrected chi connectivity index (χ3v) is 5.79. The Morgan fingerprint density at radius 2 is 1.93 bits per heavy atom. The van der Waals surface area contributed by atoms with Crippen LogP contribution in [0, 0.1) is 13.8 Å². The van der Waals surface area contributed by atoms with E-state index in [9.17, 15) is 4.79 Å². The van der Waals surface area contributed by atoms with Gasteiger partial charge in [-0.15, -0.1) is 0 Å². The quantitative estimate of drug-likeness (QED) is 0.800. The third-order valence-electron chi connectivity index (χ3n) is 5.79. The molecule has 2 aliphatic heterocycles. The van der Waals surface area contributed by atoms with Gasteiger partial charge in [-0.1, -0.05) is 24.3 Å². The minimum atomic E-state index is 0.0650. The Hall–Kier alpha value is -2.53. The van der Waals surface area contributed by atoms with E-state index in [4.69, 9.17) is 9.47 Å². The molecule has 2 aromatic rings. The van der Waals surface area contributed by atoms with Gasteiger partial charge in [0.1, 0.15) is 11.5 Å². The van der Waals surface area contributed by atoms with E-state index in [0.29, 0.717) is 0 Å². The Labute approximate surface area is 166 Å². The maximum absolute atomic E-state index is 12.5. The van der Waals surface area contributed by atoms with Gasteiger partial charge in [-0.3, -0.25) is 9.69 Å². The SMILES string of the molecule is Cc1cccc(OCC(=O)N2CCN(Cc3ccc4c(c3)CCO4)CC2)c1C. The Balaban J connectivity index is 1.25. The molecule has 0 N–H and O–H groups in total. The number of aryl methyl sites for hydroxylation is 1. The number of nitrogens with zero attached hydrogens (tertiary/aromatic N) is 2. The van der Waals surface area contributed by atoms with E-state index in [2.05, 4.69) is 36.1 Å². The van der Waals surface area contributed by atoms with E-state index in [1.807, 2.05) is 24.0 Å². The molecule has 5 nitrogen and oxygen atoms in total. The number of carbonyl (C=O) groups is 1. The maximum Gasteiger partial charge on any atom is 0.260 e. The molecule has 28 heavy (non-hydrogen) atoms. The molecule has 0 saturated carbocycles. The van der Waals surface area contributed by atoms with Crippen molar-refractivity contribution in [3.05, 3.63) is 58.7 Å². The molecule has 0 aliphatic carbocycles. The Morgan fingerprint density at radius 3 is 2.75 bits per heavy atom. The van der Waals surface area contributed by atoms with Crippen LogP contribution in [0.15, 0.2) is 36.4 Å². The molecule has 4 rings (SSSR count). The molecule has 5 heteroatoms. The van der Waals surface area contributed by atoms with Crippen LogP contribution >= 0.6 is 0 Å². The summed E-state index contributed by atoms with van der Waals surface area (Å²) in [4.78, 5) is 16.9. The Kier molecular flexibility index (Phi) is 5.53. The summed E-state index contributed by atoms with van der Waals surface area (Å²) in [6.45, 7) is 9.20. The summed E-state index contributed by atoms with van der Waals surface area (Å²) in [7, 11) is 0. The van der Waals surface area contributed by atoms with Crippen molar-refractivity contribution in [3.63, 3.8) is 0 Å². The second-order valence-electron chi connectivity index (χ2n) is 7.68. The molecule has 148 valence electrons. The minimum absolute atomic E-state index is 0.0650. The van der Waals surface area contributed by atoms with Crippen molar-refractivity contribution in [2.24, 2.45) is 0 Å². The van der Waals surface area contributed by atoms with Gasteiger partial charge in [0.25, 0.3) is 5.91 Å². The van der Waals surface area contributed by atoms with Gasteiger partial charge in [0.15, 0.2) is 6.61 Å². The largest absolute Gasteiger partial charge is 0.493 e. The van der Waals surface area contributed by atoms with Gasteiger partial charge < -0.3 is 14.4 Å². The van der Waals surface area contributed by atoms with Crippen LogP contribution in [0.5, 0.6) is 11.5 Å². The lowest BCUT2D eigenvalue weighted by Gasteiger charge is -2.34. The van der Waals surface area contributed by atoms with Crippen molar-refractivity contribution in [1.29, 1.82) is 0 Å². The van der Waals surface area contributed by atoms with Crippen LogP contribution in [0.2, 0.25) is 0 Å². The Morgan fingerprint density at radius 1 is 1.11 bits per heavy atom.